The van der Waals surface area contributed by atoms with Crippen LogP contribution in [0.15, 0.2) is 47.8 Å². The SMILES string of the molecule is CCCCc1ccc(NC(=O)Cc2csc(Nc3cc(OC)ccc3OC)n2)cc1. The molecule has 0 aliphatic heterocycles. The maximum absolute atomic E-state index is 12.4. The maximum atomic E-state index is 12.4. The molecule has 0 unspecified atom stereocenters. The number of anilines is 3. The van der Waals surface area contributed by atoms with Gasteiger partial charge in [-0.25, -0.2) is 4.98 Å². The molecule has 2 N–H and O–H groups in total. The molecular formula is C23H27N3O3S. The predicted octanol–water partition coefficient (Wildman–Crippen LogP) is 5.43. The Kier molecular flexibility index (Phi) is 7.68. The molecule has 30 heavy (non-hydrogen) atoms. The van der Waals surface area contributed by atoms with Crippen LogP contribution >= 0.6 is 11.3 Å². The molecule has 1 aromatic heterocycles. The third-order valence-corrected chi connectivity index (χ3v) is 5.40. The number of carbonyl (C=O) groups excluding carboxylic acids is 1. The van der Waals surface area contributed by atoms with Crippen LogP contribution < -0.4 is 20.1 Å². The van der Waals surface area contributed by atoms with Crippen LogP contribution in [0.5, 0.6) is 11.5 Å². The number of aryl methyl sites for hydroxylation is 1. The summed E-state index contributed by atoms with van der Waals surface area (Å²) in [5.74, 6) is 1.31. The lowest BCUT2D eigenvalue weighted by Crippen LogP contribution is -2.14. The first-order valence-electron chi connectivity index (χ1n) is 9.93. The number of rotatable bonds is 10. The number of unbranched alkanes of at least 4 members (excludes halogenated alkanes) is 1. The molecule has 0 atom stereocenters. The van der Waals surface area contributed by atoms with E-state index in [0.717, 1.165) is 23.5 Å². The van der Waals surface area contributed by atoms with E-state index in [2.05, 4.69) is 34.7 Å². The van der Waals surface area contributed by atoms with Crippen molar-refractivity contribution in [2.75, 3.05) is 24.9 Å². The summed E-state index contributed by atoms with van der Waals surface area (Å²) in [7, 11) is 3.23. The minimum Gasteiger partial charge on any atom is -0.497 e. The normalized spacial score (nSPS) is 10.5. The number of hydrogen-bond donors (Lipinski definition) is 2. The van der Waals surface area contributed by atoms with Gasteiger partial charge in [0.2, 0.25) is 5.91 Å². The molecule has 0 bridgehead atoms. The minimum atomic E-state index is -0.0906. The fourth-order valence-electron chi connectivity index (χ4n) is 2.98. The van der Waals surface area contributed by atoms with Crippen LogP contribution in [-0.2, 0) is 17.6 Å². The van der Waals surface area contributed by atoms with E-state index < -0.39 is 0 Å². The largest absolute Gasteiger partial charge is 0.497 e. The number of thiazole rings is 1. The van der Waals surface area contributed by atoms with E-state index in [1.807, 2.05) is 35.7 Å². The van der Waals surface area contributed by atoms with Crippen molar-refractivity contribution in [2.45, 2.75) is 32.6 Å². The summed E-state index contributed by atoms with van der Waals surface area (Å²) in [6.45, 7) is 2.18. The van der Waals surface area contributed by atoms with Crippen molar-refractivity contribution in [2.24, 2.45) is 0 Å². The Morgan fingerprint density at radius 2 is 1.90 bits per heavy atom. The van der Waals surface area contributed by atoms with Gasteiger partial charge in [-0.15, -0.1) is 11.3 Å². The van der Waals surface area contributed by atoms with Gasteiger partial charge in [-0.05, 0) is 42.7 Å². The van der Waals surface area contributed by atoms with Crippen LogP contribution in [-0.4, -0.2) is 25.1 Å². The van der Waals surface area contributed by atoms with Gasteiger partial charge < -0.3 is 20.1 Å². The van der Waals surface area contributed by atoms with E-state index in [4.69, 9.17) is 9.47 Å². The number of benzene rings is 2. The lowest BCUT2D eigenvalue weighted by Gasteiger charge is -2.10. The van der Waals surface area contributed by atoms with Crippen molar-refractivity contribution in [3.05, 3.63) is 59.1 Å². The van der Waals surface area contributed by atoms with E-state index in [1.165, 1.54) is 29.7 Å². The average molecular weight is 426 g/mol. The molecule has 158 valence electrons. The second-order valence-corrected chi connectivity index (χ2v) is 7.72. The molecule has 3 aromatic rings. The third kappa shape index (κ3) is 5.97. The Morgan fingerprint density at radius 1 is 1.10 bits per heavy atom. The molecule has 0 aliphatic carbocycles. The van der Waals surface area contributed by atoms with E-state index in [1.54, 1.807) is 14.2 Å². The number of ether oxygens (including phenoxy) is 2. The van der Waals surface area contributed by atoms with Crippen molar-refractivity contribution in [1.82, 2.24) is 4.98 Å². The molecule has 0 fully saturated rings. The molecule has 3 rings (SSSR count). The van der Waals surface area contributed by atoms with Gasteiger partial charge in [0.25, 0.3) is 0 Å². The van der Waals surface area contributed by atoms with Crippen molar-refractivity contribution in [3.63, 3.8) is 0 Å². The second-order valence-electron chi connectivity index (χ2n) is 6.86. The lowest BCUT2D eigenvalue weighted by molar-refractivity contribution is -0.115. The van der Waals surface area contributed by atoms with Crippen molar-refractivity contribution < 1.29 is 14.3 Å². The molecule has 2 aromatic carbocycles. The van der Waals surface area contributed by atoms with Crippen LogP contribution in [0.4, 0.5) is 16.5 Å². The summed E-state index contributed by atoms with van der Waals surface area (Å²) < 4.78 is 10.6. The quantitative estimate of drug-likeness (QED) is 0.453. The van der Waals surface area contributed by atoms with E-state index in [-0.39, 0.29) is 12.3 Å². The Hall–Kier alpha value is -3.06. The fraction of sp³-hybridized carbons (Fsp3) is 0.304. The van der Waals surface area contributed by atoms with Crippen LogP contribution in [0.1, 0.15) is 31.0 Å². The summed E-state index contributed by atoms with van der Waals surface area (Å²) in [6.07, 6.45) is 3.63. The van der Waals surface area contributed by atoms with Crippen LogP contribution in [0.25, 0.3) is 0 Å². The fourth-order valence-corrected chi connectivity index (χ4v) is 3.70. The number of hydrogen-bond acceptors (Lipinski definition) is 6. The Labute approximate surface area is 181 Å². The van der Waals surface area contributed by atoms with Gasteiger partial charge in [0, 0.05) is 17.1 Å². The monoisotopic (exact) mass is 425 g/mol. The van der Waals surface area contributed by atoms with Gasteiger partial charge in [0.15, 0.2) is 5.13 Å². The molecule has 0 saturated carbocycles. The number of nitrogens with zero attached hydrogens (tertiary/aromatic N) is 1. The standard InChI is InChI=1S/C23H27N3O3S/c1-4-5-6-16-7-9-17(10-8-16)24-22(27)13-18-15-30-23(25-18)26-20-14-19(28-2)11-12-21(20)29-3/h7-12,14-15H,4-6,13H2,1-3H3,(H,24,27)(H,25,26). The summed E-state index contributed by atoms with van der Waals surface area (Å²) in [5.41, 5.74) is 3.56. The van der Waals surface area contributed by atoms with Crippen molar-refractivity contribution >= 4 is 33.8 Å². The lowest BCUT2D eigenvalue weighted by atomic mass is 10.1. The zero-order valence-corrected chi connectivity index (χ0v) is 18.3. The molecule has 1 heterocycles. The number of aromatic nitrogens is 1. The molecule has 0 radical (unpaired) electrons. The van der Waals surface area contributed by atoms with Gasteiger partial charge in [-0.3, -0.25) is 4.79 Å². The maximum Gasteiger partial charge on any atom is 0.230 e. The van der Waals surface area contributed by atoms with Crippen molar-refractivity contribution in [3.8, 4) is 11.5 Å². The molecule has 0 saturated heterocycles. The molecule has 6 nitrogen and oxygen atoms in total. The van der Waals surface area contributed by atoms with E-state index >= 15 is 0 Å². The molecule has 7 heteroatoms. The van der Waals surface area contributed by atoms with Crippen LogP contribution in [0, 0.1) is 0 Å². The van der Waals surface area contributed by atoms with Gasteiger partial charge in [-0.1, -0.05) is 25.5 Å². The zero-order chi connectivity index (χ0) is 21.3. The highest BCUT2D eigenvalue weighted by molar-refractivity contribution is 7.13. The van der Waals surface area contributed by atoms with Gasteiger partial charge in [0.05, 0.1) is 32.0 Å². The predicted molar refractivity (Wildman–Crippen MR) is 122 cm³/mol. The summed E-state index contributed by atoms with van der Waals surface area (Å²) in [5, 5.41) is 8.73. The number of methoxy groups -OCH3 is 2. The number of amides is 1. The first kappa shape index (κ1) is 21.6. The van der Waals surface area contributed by atoms with Gasteiger partial charge in [0.1, 0.15) is 11.5 Å². The summed E-state index contributed by atoms with van der Waals surface area (Å²) in [6, 6.07) is 13.5. The average Bonchev–Trinajstić information content (AvgIpc) is 3.19. The topological polar surface area (TPSA) is 72.5 Å². The summed E-state index contributed by atoms with van der Waals surface area (Å²) >= 11 is 1.44. The second kappa shape index (κ2) is 10.6. The Balaban J connectivity index is 1.58. The number of nitrogens with one attached hydrogen (secondary N) is 2. The van der Waals surface area contributed by atoms with E-state index in [0.29, 0.717) is 16.6 Å². The molecule has 0 aliphatic rings. The highest BCUT2D eigenvalue weighted by Gasteiger charge is 2.11. The van der Waals surface area contributed by atoms with Crippen LogP contribution in [0.2, 0.25) is 0 Å². The molecule has 0 spiro atoms. The van der Waals surface area contributed by atoms with Crippen molar-refractivity contribution in [1.29, 1.82) is 0 Å². The number of carbonyl (C=O) groups is 1. The highest BCUT2D eigenvalue weighted by Crippen LogP contribution is 2.32. The summed E-state index contributed by atoms with van der Waals surface area (Å²) in [4.78, 5) is 16.9. The molecular weight excluding hydrogens is 398 g/mol. The minimum absolute atomic E-state index is 0.0906. The van der Waals surface area contributed by atoms with E-state index in [9.17, 15) is 4.79 Å². The molecule has 1 amide bonds. The smallest absolute Gasteiger partial charge is 0.230 e. The first-order valence-corrected chi connectivity index (χ1v) is 10.8. The first-order chi connectivity index (χ1) is 14.6. The van der Waals surface area contributed by atoms with Gasteiger partial charge >= 0.3 is 0 Å². The Bertz CT molecular complexity index is 970. The third-order valence-electron chi connectivity index (χ3n) is 4.60. The highest BCUT2D eigenvalue weighted by atomic mass is 32.1. The van der Waals surface area contributed by atoms with Crippen LogP contribution in [0.3, 0.4) is 0 Å². The van der Waals surface area contributed by atoms with Gasteiger partial charge in [-0.2, -0.15) is 0 Å². The Morgan fingerprint density at radius 3 is 2.60 bits per heavy atom. The zero-order valence-electron chi connectivity index (χ0n) is 17.5.